The monoisotopic (exact) mass is 254 g/mol. The SMILES string of the molecule is CN1CCC(CNCC(C(=O)O)C(F)(F)F)C1. The summed E-state index contributed by atoms with van der Waals surface area (Å²) in [4.78, 5) is 12.6. The van der Waals surface area contributed by atoms with Crippen molar-refractivity contribution in [2.24, 2.45) is 11.8 Å². The van der Waals surface area contributed by atoms with Crippen LogP contribution in [0.25, 0.3) is 0 Å². The van der Waals surface area contributed by atoms with E-state index in [4.69, 9.17) is 5.11 Å². The standard InChI is InChI=1S/C10H17F3N2O2/c1-15-3-2-7(6-15)4-14-5-8(9(16)17)10(11,12)13/h7-8,14H,2-6H2,1H3,(H,16,17). The van der Waals surface area contributed by atoms with Crippen molar-refractivity contribution in [1.82, 2.24) is 10.2 Å². The maximum absolute atomic E-state index is 12.3. The van der Waals surface area contributed by atoms with E-state index < -0.39 is 24.6 Å². The fourth-order valence-electron chi connectivity index (χ4n) is 1.97. The number of aliphatic carboxylic acids is 1. The molecule has 0 bridgehead atoms. The minimum absolute atomic E-state index is 0.308. The lowest BCUT2D eigenvalue weighted by Gasteiger charge is -2.18. The van der Waals surface area contributed by atoms with Gasteiger partial charge in [-0.1, -0.05) is 0 Å². The Balaban J connectivity index is 2.31. The average Bonchev–Trinajstić information content (AvgIpc) is 2.56. The third-order valence-electron chi connectivity index (χ3n) is 2.96. The summed E-state index contributed by atoms with van der Waals surface area (Å²) in [5, 5.41) is 11.1. The number of hydrogen-bond donors (Lipinski definition) is 2. The van der Waals surface area contributed by atoms with Gasteiger partial charge in [0.25, 0.3) is 0 Å². The van der Waals surface area contributed by atoms with Gasteiger partial charge < -0.3 is 15.3 Å². The molecule has 1 aliphatic heterocycles. The lowest BCUT2D eigenvalue weighted by atomic mass is 10.1. The highest BCUT2D eigenvalue weighted by molar-refractivity contribution is 5.71. The highest BCUT2D eigenvalue weighted by Gasteiger charge is 2.44. The fraction of sp³-hybridized carbons (Fsp3) is 0.900. The Morgan fingerprint density at radius 3 is 2.65 bits per heavy atom. The van der Waals surface area contributed by atoms with E-state index in [1.54, 1.807) is 0 Å². The van der Waals surface area contributed by atoms with Crippen LogP contribution in [-0.4, -0.2) is 55.4 Å². The van der Waals surface area contributed by atoms with Gasteiger partial charge in [-0.25, -0.2) is 0 Å². The lowest BCUT2D eigenvalue weighted by Crippen LogP contribution is -2.40. The molecule has 1 fully saturated rings. The maximum atomic E-state index is 12.3. The van der Waals surface area contributed by atoms with E-state index in [1.807, 2.05) is 7.05 Å². The van der Waals surface area contributed by atoms with Crippen LogP contribution < -0.4 is 5.32 Å². The maximum Gasteiger partial charge on any atom is 0.403 e. The van der Waals surface area contributed by atoms with Crippen molar-refractivity contribution in [2.45, 2.75) is 12.6 Å². The molecule has 0 saturated carbocycles. The molecule has 2 atom stereocenters. The van der Waals surface area contributed by atoms with Gasteiger partial charge in [-0.05, 0) is 32.5 Å². The molecule has 0 radical (unpaired) electrons. The van der Waals surface area contributed by atoms with Crippen LogP contribution in [0.3, 0.4) is 0 Å². The summed E-state index contributed by atoms with van der Waals surface area (Å²) in [6.07, 6.45) is -3.75. The predicted octanol–water partition coefficient (Wildman–Crippen LogP) is 0.791. The predicted molar refractivity (Wildman–Crippen MR) is 55.7 cm³/mol. The number of nitrogens with zero attached hydrogens (tertiary/aromatic N) is 1. The van der Waals surface area contributed by atoms with Crippen molar-refractivity contribution in [3.63, 3.8) is 0 Å². The quantitative estimate of drug-likeness (QED) is 0.761. The van der Waals surface area contributed by atoms with Gasteiger partial charge in [0, 0.05) is 13.1 Å². The number of rotatable bonds is 5. The number of halogens is 3. The molecule has 0 aromatic heterocycles. The highest BCUT2D eigenvalue weighted by Crippen LogP contribution is 2.26. The van der Waals surface area contributed by atoms with E-state index in [0.29, 0.717) is 12.5 Å². The molecular formula is C10H17F3N2O2. The van der Waals surface area contributed by atoms with Crippen molar-refractivity contribution >= 4 is 5.97 Å². The third-order valence-corrected chi connectivity index (χ3v) is 2.96. The molecule has 17 heavy (non-hydrogen) atoms. The Labute approximate surface area is 97.8 Å². The zero-order valence-electron chi connectivity index (χ0n) is 9.63. The Morgan fingerprint density at radius 1 is 1.59 bits per heavy atom. The number of carboxylic acids is 1. The smallest absolute Gasteiger partial charge is 0.403 e. The van der Waals surface area contributed by atoms with Gasteiger partial charge in [0.15, 0.2) is 5.92 Å². The topological polar surface area (TPSA) is 52.6 Å². The minimum atomic E-state index is -4.69. The van der Waals surface area contributed by atoms with E-state index in [9.17, 15) is 18.0 Å². The van der Waals surface area contributed by atoms with Crippen LogP contribution in [0.4, 0.5) is 13.2 Å². The molecule has 100 valence electrons. The summed E-state index contributed by atoms with van der Waals surface area (Å²) >= 11 is 0. The van der Waals surface area contributed by atoms with Crippen LogP contribution in [0.15, 0.2) is 0 Å². The molecule has 0 spiro atoms. The first-order chi connectivity index (χ1) is 7.80. The average molecular weight is 254 g/mol. The molecule has 1 rings (SSSR count). The summed E-state index contributed by atoms with van der Waals surface area (Å²) in [6.45, 7) is 1.66. The number of nitrogens with one attached hydrogen (secondary N) is 1. The van der Waals surface area contributed by atoms with Crippen LogP contribution in [-0.2, 0) is 4.79 Å². The van der Waals surface area contributed by atoms with Crippen molar-refractivity contribution < 1.29 is 23.1 Å². The molecule has 7 heteroatoms. The summed E-state index contributed by atoms with van der Waals surface area (Å²) in [5.74, 6) is -3.84. The number of hydrogen-bond acceptors (Lipinski definition) is 3. The molecule has 1 heterocycles. The molecular weight excluding hydrogens is 237 g/mol. The number of carbonyl (C=O) groups is 1. The van der Waals surface area contributed by atoms with E-state index >= 15 is 0 Å². The van der Waals surface area contributed by atoms with E-state index in [0.717, 1.165) is 19.5 Å². The minimum Gasteiger partial charge on any atom is -0.481 e. The molecule has 2 unspecified atom stereocenters. The molecule has 2 N–H and O–H groups in total. The van der Waals surface area contributed by atoms with Gasteiger partial charge >= 0.3 is 12.1 Å². The summed E-state index contributed by atoms with van der Waals surface area (Å²) in [7, 11) is 1.95. The summed E-state index contributed by atoms with van der Waals surface area (Å²) in [6, 6.07) is 0. The Hall–Kier alpha value is -0.820. The van der Waals surface area contributed by atoms with Gasteiger partial charge in [-0.15, -0.1) is 0 Å². The second-order valence-electron chi connectivity index (χ2n) is 4.51. The van der Waals surface area contributed by atoms with Crippen LogP contribution >= 0.6 is 0 Å². The largest absolute Gasteiger partial charge is 0.481 e. The molecule has 0 aromatic carbocycles. The van der Waals surface area contributed by atoms with Crippen molar-refractivity contribution in [3.8, 4) is 0 Å². The van der Waals surface area contributed by atoms with Gasteiger partial charge in [0.1, 0.15) is 0 Å². The second-order valence-corrected chi connectivity index (χ2v) is 4.51. The third kappa shape index (κ3) is 4.51. The van der Waals surface area contributed by atoms with E-state index in [-0.39, 0.29) is 0 Å². The molecule has 0 aliphatic carbocycles. The fourth-order valence-corrected chi connectivity index (χ4v) is 1.97. The van der Waals surface area contributed by atoms with Gasteiger partial charge in [-0.2, -0.15) is 13.2 Å². The zero-order valence-corrected chi connectivity index (χ0v) is 9.63. The first-order valence-corrected chi connectivity index (χ1v) is 5.49. The Bertz CT molecular complexity index is 271. The van der Waals surface area contributed by atoms with Crippen molar-refractivity contribution in [1.29, 1.82) is 0 Å². The molecule has 1 aliphatic rings. The van der Waals surface area contributed by atoms with Gasteiger partial charge in [0.05, 0.1) is 0 Å². The van der Waals surface area contributed by atoms with Crippen LogP contribution in [0.1, 0.15) is 6.42 Å². The van der Waals surface area contributed by atoms with E-state index in [2.05, 4.69) is 10.2 Å². The number of alkyl halides is 3. The van der Waals surface area contributed by atoms with E-state index in [1.165, 1.54) is 0 Å². The molecule has 0 aromatic rings. The van der Waals surface area contributed by atoms with Crippen molar-refractivity contribution in [2.75, 3.05) is 33.2 Å². The zero-order chi connectivity index (χ0) is 13.1. The summed E-state index contributed by atoms with van der Waals surface area (Å²) in [5.41, 5.74) is 0. The lowest BCUT2D eigenvalue weighted by molar-refractivity contribution is -0.192. The van der Waals surface area contributed by atoms with Crippen LogP contribution in [0.2, 0.25) is 0 Å². The first-order valence-electron chi connectivity index (χ1n) is 5.49. The molecule has 0 amide bonds. The Kier molecular flexibility index (Phi) is 4.76. The highest BCUT2D eigenvalue weighted by atomic mass is 19.4. The normalized spacial score (nSPS) is 23.9. The first kappa shape index (κ1) is 14.2. The molecule has 1 saturated heterocycles. The van der Waals surface area contributed by atoms with Crippen LogP contribution in [0.5, 0.6) is 0 Å². The number of likely N-dealkylation sites (tertiary alicyclic amines) is 1. The van der Waals surface area contributed by atoms with Gasteiger partial charge in [-0.3, -0.25) is 4.79 Å². The summed E-state index contributed by atoms with van der Waals surface area (Å²) < 4.78 is 36.9. The van der Waals surface area contributed by atoms with Gasteiger partial charge in [0.2, 0.25) is 0 Å². The van der Waals surface area contributed by atoms with Crippen LogP contribution in [0, 0.1) is 11.8 Å². The second kappa shape index (κ2) is 5.68. The number of carboxylic acid groups (broad SMARTS) is 1. The molecule has 4 nitrogen and oxygen atoms in total. The van der Waals surface area contributed by atoms with Crippen molar-refractivity contribution in [3.05, 3.63) is 0 Å². The Morgan fingerprint density at radius 2 is 2.24 bits per heavy atom.